The Morgan fingerprint density at radius 3 is 2.58 bits per heavy atom. The van der Waals surface area contributed by atoms with Crippen LogP contribution in [-0.4, -0.2) is 30.4 Å². The maximum Gasteiger partial charge on any atom is 0.240 e. The number of imidazole rings is 1. The van der Waals surface area contributed by atoms with E-state index in [1.54, 1.807) is 18.5 Å². The third-order valence-electron chi connectivity index (χ3n) is 3.88. The summed E-state index contributed by atoms with van der Waals surface area (Å²) in [4.78, 5) is 15.5. The number of nitrogens with one attached hydrogen (secondary N) is 2. The number of amides is 1. The minimum absolute atomic E-state index is 0.166. The first kappa shape index (κ1) is 18.1. The van der Waals surface area contributed by atoms with Gasteiger partial charge in [-0.25, -0.2) is 18.1 Å². The van der Waals surface area contributed by atoms with Crippen molar-refractivity contribution in [1.29, 1.82) is 0 Å². The maximum absolute atomic E-state index is 12.3. The number of benzene rings is 2. The van der Waals surface area contributed by atoms with Crippen LogP contribution in [-0.2, 0) is 21.4 Å². The number of aryl methyl sites for hydroxylation is 1. The molecule has 0 saturated carbocycles. The predicted molar refractivity (Wildman–Crippen MR) is 100 cm³/mol. The highest BCUT2D eigenvalue weighted by Gasteiger charge is 2.13. The number of sulfonamides is 1. The van der Waals surface area contributed by atoms with E-state index >= 15 is 0 Å². The second-order valence-electron chi connectivity index (χ2n) is 5.88. The summed E-state index contributed by atoms with van der Waals surface area (Å²) in [6, 6.07) is 13.9. The minimum atomic E-state index is -3.58. The van der Waals surface area contributed by atoms with Gasteiger partial charge in [-0.3, -0.25) is 4.79 Å². The molecule has 0 saturated heterocycles. The van der Waals surface area contributed by atoms with Crippen molar-refractivity contribution in [2.24, 2.45) is 0 Å². The number of nitrogens with zero attached hydrogens (tertiary/aromatic N) is 2. The molecule has 0 bridgehead atoms. The molecule has 26 heavy (non-hydrogen) atoms. The van der Waals surface area contributed by atoms with Gasteiger partial charge in [0.1, 0.15) is 0 Å². The Balaban J connectivity index is 1.55. The molecule has 2 N–H and O–H groups in total. The lowest BCUT2D eigenvalue weighted by molar-refractivity contribution is -0.114. The van der Waals surface area contributed by atoms with E-state index in [9.17, 15) is 13.2 Å². The van der Waals surface area contributed by atoms with Gasteiger partial charge in [-0.05, 0) is 42.8 Å². The Bertz CT molecular complexity index is 1010. The van der Waals surface area contributed by atoms with Crippen molar-refractivity contribution >= 4 is 32.7 Å². The summed E-state index contributed by atoms with van der Waals surface area (Å²) in [5.41, 5.74) is 2.51. The molecule has 3 rings (SSSR count). The second kappa shape index (κ2) is 7.67. The molecule has 1 amide bonds. The number of fused-ring (bicyclic) bond motifs is 1. The number of carbonyl (C=O) groups is 1. The van der Waals surface area contributed by atoms with E-state index in [0.717, 1.165) is 11.0 Å². The number of hydrogen-bond donors (Lipinski definition) is 2. The van der Waals surface area contributed by atoms with E-state index in [0.29, 0.717) is 25.2 Å². The molecule has 0 radical (unpaired) electrons. The molecule has 1 heterocycles. The zero-order valence-corrected chi connectivity index (χ0v) is 15.2. The molecular weight excluding hydrogens is 352 g/mol. The van der Waals surface area contributed by atoms with Crippen molar-refractivity contribution in [3.63, 3.8) is 0 Å². The van der Waals surface area contributed by atoms with Gasteiger partial charge in [-0.1, -0.05) is 12.1 Å². The Morgan fingerprint density at radius 2 is 1.85 bits per heavy atom. The van der Waals surface area contributed by atoms with Crippen molar-refractivity contribution in [2.75, 3.05) is 11.9 Å². The van der Waals surface area contributed by atoms with Crippen LogP contribution in [0, 0.1) is 0 Å². The van der Waals surface area contributed by atoms with E-state index in [-0.39, 0.29) is 10.8 Å². The van der Waals surface area contributed by atoms with Gasteiger partial charge in [0.25, 0.3) is 0 Å². The van der Waals surface area contributed by atoms with Gasteiger partial charge in [0.2, 0.25) is 15.9 Å². The summed E-state index contributed by atoms with van der Waals surface area (Å²) in [5.74, 6) is -0.203. The van der Waals surface area contributed by atoms with Gasteiger partial charge in [-0.2, -0.15) is 0 Å². The molecule has 0 aliphatic carbocycles. The Kier molecular flexibility index (Phi) is 5.34. The molecule has 136 valence electrons. The first-order valence-corrected chi connectivity index (χ1v) is 9.71. The fourth-order valence-corrected chi connectivity index (χ4v) is 3.72. The van der Waals surface area contributed by atoms with Gasteiger partial charge < -0.3 is 9.88 Å². The molecular formula is C18H20N4O3S. The lowest BCUT2D eigenvalue weighted by atomic mass is 10.3. The van der Waals surface area contributed by atoms with Crippen LogP contribution < -0.4 is 10.0 Å². The fourth-order valence-electron chi connectivity index (χ4n) is 2.65. The van der Waals surface area contributed by atoms with Gasteiger partial charge in [0.05, 0.1) is 22.3 Å². The molecule has 0 aliphatic rings. The van der Waals surface area contributed by atoms with E-state index in [1.807, 2.05) is 28.8 Å². The molecule has 0 unspecified atom stereocenters. The maximum atomic E-state index is 12.3. The largest absolute Gasteiger partial charge is 0.331 e. The van der Waals surface area contributed by atoms with Gasteiger partial charge in [-0.15, -0.1) is 0 Å². The monoisotopic (exact) mass is 372 g/mol. The number of rotatable bonds is 7. The highest BCUT2D eigenvalue weighted by molar-refractivity contribution is 7.89. The van der Waals surface area contributed by atoms with Crippen LogP contribution in [0.3, 0.4) is 0 Å². The number of carbonyl (C=O) groups excluding carboxylic acids is 1. The summed E-state index contributed by atoms with van der Waals surface area (Å²) in [5, 5.41) is 2.60. The molecule has 0 fully saturated rings. The number of para-hydroxylation sites is 2. The van der Waals surface area contributed by atoms with Gasteiger partial charge in [0, 0.05) is 25.7 Å². The minimum Gasteiger partial charge on any atom is -0.331 e. The molecule has 0 atom stereocenters. The molecule has 8 heteroatoms. The van der Waals surface area contributed by atoms with Crippen LogP contribution in [0.5, 0.6) is 0 Å². The smallest absolute Gasteiger partial charge is 0.240 e. The van der Waals surface area contributed by atoms with Gasteiger partial charge in [0.15, 0.2) is 0 Å². The van der Waals surface area contributed by atoms with E-state index in [1.165, 1.54) is 19.1 Å². The molecule has 1 aromatic heterocycles. The van der Waals surface area contributed by atoms with Crippen molar-refractivity contribution < 1.29 is 13.2 Å². The van der Waals surface area contributed by atoms with Crippen molar-refractivity contribution in [3.8, 4) is 0 Å². The van der Waals surface area contributed by atoms with E-state index in [2.05, 4.69) is 15.0 Å². The lowest BCUT2D eigenvalue weighted by Crippen LogP contribution is -2.25. The number of anilines is 1. The third kappa shape index (κ3) is 4.27. The molecule has 0 aliphatic heterocycles. The Hall–Kier alpha value is -2.71. The van der Waals surface area contributed by atoms with Crippen LogP contribution in [0.25, 0.3) is 11.0 Å². The lowest BCUT2D eigenvalue weighted by Gasteiger charge is -2.09. The van der Waals surface area contributed by atoms with E-state index < -0.39 is 10.0 Å². The van der Waals surface area contributed by atoms with Crippen LogP contribution in [0.1, 0.15) is 13.3 Å². The molecule has 2 aromatic carbocycles. The van der Waals surface area contributed by atoms with Crippen LogP contribution >= 0.6 is 0 Å². The fraction of sp³-hybridized carbons (Fsp3) is 0.222. The van der Waals surface area contributed by atoms with Crippen LogP contribution in [0.2, 0.25) is 0 Å². The van der Waals surface area contributed by atoms with Gasteiger partial charge >= 0.3 is 0 Å². The standard InChI is InChI=1S/C18H20N4O3S/c1-14(23)21-15-7-9-16(10-8-15)26(24,25)20-11-4-12-22-13-19-17-5-2-3-6-18(17)22/h2-3,5-10,13,20H,4,11-12H2,1H3,(H,21,23). The highest BCUT2D eigenvalue weighted by Crippen LogP contribution is 2.14. The van der Waals surface area contributed by atoms with Crippen LogP contribution in [0.15, 0.2) is 59.8 Å². The molecule has 0 spiro atoms. The normalized spacial score (nSPS) is 11.6. The SMILES string of the molecule is CC(=O)Nc1ccc(S(=O)(=O)NCCCn2cnc3ccccc32)cc1. The number of hydrogen-bond acceptors (Lipinski definition) is 4. The predicted octanol–water partition coefficient (Wildman–Crippen LogP) is 2.36. The molecule has 3 aromatic rings. The summed E-state index contributed by atoms with van der Waals surface area (Å²) in [6.07, 6.45) is 2.41. The highest BCUT2D eigenvalue weighted by atomic mass is 32.2. The van der Waals surface area contributed by atoms with E-state index in [4.69, 9.17) is 0 Å². The average molecular weight is 372 g/mol. The summed E-state index contributed by atoms with van der Waals surface area (Å²) in [7, 11) is -3.58. The zero-order valence-electron chi connectivity index (χ0n) is 14.3. The van der Waals surface area contributed by atoms with Crippen molar-refractivity contribution in [3.05, 3.63) is 54.9 Å². The quantitative estimate of drug-likeness (QED) is 0.623. The van der Waals surface area contributed by atoms with Crippen molar-refractivity contribution in [1.82, 2.24) is 14.3 Å². The summed E-state index contributed by atoms with van der Waals surface area (Å²) >= 11 is 0. The third-order valence-corrected chi connectivity index (χ3v) is 5.36. The Morgan fingerprint density at radius 1 is 1.12 bits per heavy atom. The summed E-state index contributed by atoms with van der Waals surface area (Å²) < 4.78 is 29.2. The average Bonchev–Trinajstić information content (AvgIpc) is 3.02. The summed E-state index contributed by atoms with van der Waals surface area (Å²) in [6.45, 7) is 2.39. The zero-order chi connectivity index (χ0) is 18.6. The Labute approximate surface area is 152 Å². The number of aromatic nitrogens is 2. The second-order valence-corrected chi connectivity index (χ2v) is 7.65. The van der Waals surface area contributed by atoms with Crippen molar-refractivity contribution in [2.45, 2.75) is 24.8 Å². The molecule has 7 nitrogen and oxygen atoms in total. The first-order chi connectivity index (χ1) is 12.5. The van der Waals surface area contributed by atoms with Crippen LogP contribution in [0.4, 0.5) is 5.69 Å². The topological polar surface area (TPSA) is 93.1 Å². The first-order valence-electron chi connectivity index (χ1n) is 8.23.